The predicted molar refractivity (Wildman–Crippen MR) is 90.6 cm³/mol. The van der Waals surface area contributed by atoms with Crippen LogP contribution in [0, 0.1) is 12.8 Å². The molecule has 1 amide bonds. The van der Waals surface area contributed by atoms with Gasteiger partial charge in [0, 0.05) is 17.0 Å². The van der Waals surface area contributed by atoms with Crippen LogP contribution in [0.25, 0.3) is 0 Å². The Morgan fingerprint density at radius 3 is 2.52 bits per heavy atom. The van der Waals surface area contributed by atoms with Crippen molar-refractivity contribution in [3.63, 3.8) is 0 Å². The van der Waals surface area contributed by atoms with E-state index in [4.69, 9.17) is 0 Å². The third kappa shape index (κ3) is 3.89. The second-order valence-corrected chi connectivity index (χ2v) is 6.60. The summed E-state index contributed by atoms with van der Waals surface area (Å²) in [5.74, 6) is 0.411. The van der Waals surface area contributed by atoms with Gasteiger partial charge >= 0.3 is 0 Å². The fraction of sp³-hybridized carbons (Fsp3) is 0.714. The van der Waals surface area contributed by atoms with Crippen LogP contribution in [0.4, 0.5) is 0 Å². The molecule has 2 fully saturated rings. The highest BCUT2D eigenvalue weighted by atomic mass is 35.5. The van der Waals surface area contributed by atoms with Crippen molar-refractivity contribution in [3.8, 4) is 0 Å². The fourth-order valence-electron chi connectivity index (χ4n) is 2.92. The Labute approximate surface area is 142 Å². The van der Waals surface area contributed by atoms with Crippen molar-refractivity contribution in [1.29, 1.82) is 0 Å². The summed E-state index contributed by atoms with van der Waals surface area (Å²) in [5.41, 5.74) is 0.906. The summed E-state index contributed by atoms with van der Waals surface area (Å²) in [6, 6.07) is 0. The molecule has 3 rings (SSSR count). The number of carbonyl (C=O) groups is 1. The van der Waals surface area contributed by atoms with Gasteiger partial charge in [0.25, 0.3) is 0 Å². The zero-order valence-corrected chi connectivity index (χ0v) is 14.6. The van der Waals surface area contributed by atoms with Crippen LogP contribution < -0.4 is 10.6 Å². The highest BCUT2D eigenvalue weighted by molar-refractivity contribution is 7.09. The van der Waals surface area contributed by atoms with E-state index in [1.54, 1.807) is 11.3 Å². The molecular formula is C14H23Cl2N3OS. The fourth-order valence-corrected chi connectivity index (χ4v) is 3.93. The van der Waals surface area contributed by atoms with Crippen molar-refractivity contribution < 1.29 is 4.79 Å². The Morgan fingerprint density at radius 1 is 1.38 bits per heavy atom. The first kappa shape index (κ1) is 18.7. The lowest BCUT2D eigenvalue weighted by molar-refractivity contribution is -0.129. The Morgan fingerprint density at radius 2 is 2.05 bits per heavy atom. The number of aryl methyl sites for hydroxylation is 1. The van der Waals surface area contributed by atoms with E-state index in [0.717, 1.165) is 49.5 Å². The lowest BCUT2D eigenvalue weighted by Crippen LogP contribution is -2.53. The average molecular weight is 352 g/mol. The summed E-state index contributed by atoms with van der Waals surface area (Å²) in [7, 11) is 0. The van der Waals surface area contributed by atoms with Crippen molar-refractivity contribution in [1.82, 2.24) is 15.6 Å². The van der Waals surface area contributed by atoms with E-state index in [1.807, 2.05) is 6.92 Å². The van der Waals surface area contributed by atoms with E-state index in [2.05, 4.69) is 21.0 Å². The molecule has 1 saturated heterocycles. The molecule has 7 heteroatoms. The van der Waals surface area contributed by atoms with Crippen molar-refractivity contribution >= 4 is 42.1 Å². The standard InChI is InChI=1S/C14H21N3OS.2ClH/c1-10-9-19-13(16-10)14(5-2-6-14)17-12(18)11-3-7-15-8-4-11;;/h9,11,15H,2-8H2,1H3,(H,17,18);2*1H. The maximum atomic E-state index is 12.4. The van der Waals surface area contributed by atoms with Crippen LogP contribution in [0.15, 0.2) is 5.38 Å². The highest BCUT2D eigenvalue weighted by Gasteiger charge is 2.43. The molecule has 0 bridgehead atoms. The number of halogens is 2. The normalized spacial score (nSPS) is 20.6. The van der Waals surface area contributed by atoms with Crippen LogP contribution in [0.2, 0.25) is 0 Å². The summed E-state index contributed by atoms with van der Waals surface area (Å²) in [5, 5.41) is 9.79. The van der Waals surface area contributed by atoms with Gasteiger partial charge in [-0.3, -0.25) is 4.79 Å². The minimum absolute atomic E-state index is 0. The molecule has 1 aliphatic heterocycles. The van der Waals surface area contributed by atoms with Crippen LogP contribution in [0.5, 0.6) is 0 Å². The first-order valence-electron chi connectivity index (χ1n) is 7.15. The van der Waals surface area contributed by atoms with Crippen LogP contribution >= 0.6 is 36.2 Å². The molecule has 0 unspecified atom stereocenters. The number of thiazole rings is 1. The number of hydrogen-bond donors (Lipinski definition) is 2. The Kier molecular flexibility index (Phi) is 6.91. The number of aromatic nitrogens is 1. The highest BCUT2D eigenvalue weighted by Crippen LogP contribution is 2.42. The molecule has 1 aliphatic carbocycles. The Balaban J connectivity index is 0.00000110. The number of carbonyl (C=O) groups excluding carboxylic acids is 1. The maximum Gasteiger partial charge on any atom is 0.223 e. The summed E-state index contributed by atoms with van der Waals surface area (Å²) in [6.07, 6.45) is 5.18. The molecule has 0 aromatic carbocycles. The second kappa shape index (κ2) is 7.77. The van der Waals surface area contributed by atoms with Gasteiger partial charge < -0.3 is 10.6 Å². The molecule has 0 spiro atoms. The minimum Gasteiger partial charge on any atom is -0.344 e. The average Bonchev–Trinajstić information content (AvgIpc) is 2.81. The van der Waals surface area contributed by atoms with Crippen molar-refractivity contribution in [2.45, 2.75) is 44.6 Å². The van der Waals surface area contributed by atoms with Gasteiger partial charge in [-0.1, -0.05) is 0 Å². The molecule has 2 aliphatic rings. The van der Waals surface area contributed by atoms with Gasteiger partial charge in [0.15, 0.2) is 0 Å². The van der Waals surface area contributed by atoms with Gasteiger partial charge in [-0.2, -0.15) is 0 Å². The number of piperidine rings is 1. The number of nitrogens with one attached hydrogen (secondary N) is 2. The van der Waals surface area contributed by atoms with Gasteiger partial charge in [-0.15, -0.1) is 36.2 Å². The largest absolute Gasteiger partial charge is 0.344 e. The molecule has 1 aromatic rings. The third-order valence-corrected chi connectivity index (χ3v) is 5.47. The van der Waals surface area contributed by atoms with Gasteiger partial charge in [0.2, 0.25) is 5.91 Å². The summed E-state index contributed by atoms with van der Waals surface area (Å²) >= 11 is 1.68. The van der Waals surface area contributed by atoms with E-state index < -0.39 is 0 Å². The van der Waals surface area contributed by atoms with Crippen molar-refractivity contribution in [2.75, 3.05) is 13.1 Å². The van der Waals surface area contributed by atoms with Crippen LogP contribution in [0.1, 0.15) is 42.8 Å². The minimum atomic E-state index is -0.152. The zero-order chi connectivity index (χ0) is 13.3. The molecule has 1 aromatic heterocycles. The van der Waals surface area contributed by atoms with E-state index in [9.17, 15) is 4.79 Å². The van der Waals surface area contributed by atoms with Crippen LogP contribution in [-0.4, -0.2) is 24.0 Å². The van der Waals surface area contributed by atoms with Gasteiger partial charge in [-0.25, -0.2) is 4.98 Å². The van der Waals surface area contributed by atoms with Crippen LogP contribution in [-0.2, 0) is 10.3 Å². The first-order chi connectivity index (χ1) is 9.20. The Bertz CT molecular complexity index is 471. The second-order valence-electron chi connectivity index (χ2n) is 5.74. The molecule has 1 saturated carbocycles. The quantitative estimate of drug-likeness (QED) is 0.880. The Hall–Kier alpha value is -0.360. The molecule has 0 radical (unpaired) electrons. The monoisotopic (exact) mass is 351 g/mol. The smallest absolute Gasteiger partial charge is 0.223 e. The third-order valence-electron chi connectivity index (χ3n) is 4.31. The lowest BCUT2D eigenvalue weighted by Gasteiger charge is -2.42. The number of nitrogens with zero attached hydrogens (tertiary/aromatic N) is 1. The first-order valence-corrected chi connectivity index (χ1v) is 8.03. The molecule has 21 heavy (non-hydrogen) atoms. The number of amides is 1. The SMILES string of the molecule is Cc1csc(C2(NC(=O)C3CCNCC3)CCC2)n1.Cl.Cl. The van der Waals surface area contributed by atoms with E-state index in [0.29, 0.717) is 0 Å². The van der Waals surface area contributed by atoms with Gasteiger partial charge in [-0.05, 0) is 52.1 Å². The van der Waals surface area contributed by atoms with Gasteiger partial charge in [0.05, 0.1) is 5.54 Å². The van der Waals surface area contributed by atoms with Crippen molar-refractivity contribution in [3.05, 3.63) is 16.1 Å². The zero-order valence-electron chi connectivity index (χ0n) is 12.2. The van der Waals surface area contributed by atoms with E-state index in [-0.39, 0.29) is 42.2 Å². The molecule has 2 N–H and O–H groups in total. The lowest BCUT2D eigenvalue weighted by atomic mass is 9.76. The number of hydrogen-bond acceptors (Lipinski definition) is 4. The van der Waals surface area contributed by atoms with Gasteiger partial charge in [0.1, 0.15) is 5.01 Å². The molecule has 0 atom stereocenters. The maximum absolute atomic E-state index is 12.4. The topological polar surface area (TPSA) is 54.0 Å². The number of rotatable bonds is 3. The summed E-state index contributed by atoms with van der Waals surface area (Å²) in [4.78, 5) is 17.0. The predicted octanol–water partition coefficient (Wildman–Crippen LogP) is 2.79. The summed E-state index contributed by atoms with van der Waals surface area (Å²) < 4.78 is 0. The molecular weight excluding hydrogens is 329 g/mol. The molecule has 4 nitrogen and oxygen atoms in total. The van der Waals surface area contributed by atoms with Crippen molar-refractivity contribution in [2.24, 2.45) is 5.92 Å². The van der Waals surface area contributed by atoms with E-state index in [1.165, 1.54) is 6.42 Å². The molecule has 2 heterocycles. The van der Waals surface area contributed by atoms with E-state index >= 15 is 0 Å². The molecule has 120 valence electrons. The van der Waals surface area contributed by atoms with Crippen LogP contribution in [0.3, 0.4) is 0 Å². The summed E-state index contributed by atoms with van der Waals surface area (Å²) in [6.45, 7) is 3.93.